The molecule has 1 N–H and O–H groups in total. The molecule has 0 aliphatic heterocycles. The van der Waals surface area contributed by atoms with E-state index in [9.17, 15) is 5.11 Å². The van der Waals surface area contributed by atoms with Crippen molar-refractivity contribution in [2.75, 3.05) is 0 Å². The second-order valence-electron chi connectivity index (χ2n) is 9.55. The Morgan fingerprint density at radius 2 is 1.50 bits per heavy atom. The quantitative estimate of drug-likeness (QED) is 0.793. The molecule has 3 aliphatic carbocycles. The summed E-state index contributed by atoms with van der Waals surface area (Å²) >= 11 is 0. The van der Waals surface area contributed by atoms with Crippen LogP contribution in [0.4, 0.5) is 0 Å². The van der Waals surface area contributed by atoms with Gasteiger partial charge in [0.25, 0.3) is 0 Å². The SMILES string of the molecule is Cc1cc2c(cc1C13CCC(O)C1C3)C(C)(C)CCC2(C)C. The van der Waals surface area contributed by atoms with Crippen LogP contribution >= 0.6 is 0 Å². The Hall–Kier alpha value is -0.820. The first kappa shape index (κ1) is 14.8. The molecular formula is C21H30O. The van der Waals surface area contributed by atoms with Crippen LogP contribution in [0.15, 0.2) is 12.1 Å². The molecule has 0 saturated heterocycles. The zero-order valence-electron chi connectivity index (χ0n) is 14.8. The molecule has 0 radical (unpaired) electrons. The van der Waals surface area contributed by atoms with E-state index >= 15 is 0 Å². The van der Waals surface area contributed by atoms with Crippen LogP contribution in [-0.2, 0) is 16.2 Å². The summed E-state index contributed by atoms with van der Waals surface area (Å²) in [5, 5.41) is 10.2. The van der Waals surface area contributed by atoms with E-state index in [1.807, 2.05) is 0 Å². The summed E-state index contributed by atoms with van der Waals surface area (Å²) in [4.78, 5) is 0. The first-order valence-electron chi connectivity index (χ1n) is 9.02. The second kappa shape index (κ2) is 4.17. The minimum absolute atomic E-state index is 0.0557. The van der Waals surface area contributed by atoms with Gasteiger partial charge in [-0.1, -0.05) is 39.8 Å². The molecule has 22 heavy (non-hydrogen) atoms. The van der Waals surface area contributed by atoms with Gasteiger partial charge in [0.05, 0.1) is 6.10 Å². The average molecular weight is 298 g/mol. The Bertz CT molecular complexity index is 640. The van der Waals surface area contributed by atoms with E-state index in [1.54, 1.807) is 16.7 Å². The van der Waals surface area contributed by atoms with E-state index in [1.165, 1.54) is 31.2 Å². The fourth-order valence-electron chi connectivity index (χ4n) is 5.43. The third kappa shape index (κ3) is 1.81. The van der Waals surface area contributed by atoms with Crippen molar-refractivity contribution in [3.05, 3.63) is 34.4 Å². The van der Waals surface area contributed by atoms with Gasteiger partial charge in [0.1, 0.15) is 0 Å². The van der Waals surface area contributed by atoms with E-state index in [0.717, 1.165) is 6.42 Å². The van der Waals surface area contributed by atoms with Crippen LogP contribution in [0, 0.1) is 12.8 Å². The van der Waals surface area contributed by atoms with Gasteiger partial charge < -0.3 is 5.11 Å². The summed E-state index contributed by atoms with van der Waals surface area (Å²) in [7, 11) is 0. The number of rotatable bonds is 1. The maximum atomic E-state index is 10.2. The number of hydrogen-bond donors (Lipinski definition) is 1. The lowest BCUT2D eigenvalue weighted by molar-refractivity contribution is 0.159. The molecule has 0 heterocycles. The van der Waals surface area contributed by atoms with Crippen molar-refractivity contribution >= 4 is 0 Å². The molecule has 0 aromatic heterocycles. The molecule has 0 bridgehead atoms. The molecule has 3 aliphatic rings. The van der Waals surface area contributed by atoms with Crippen LogP contribution in [0.2, 0.25) is 0 Å². The zero-order chi connectivity index (χ0) is 15.9. The van der Waals surface area contributed by atoms with E-state index in [4.69, 9.17) is 0 Å². The van der Waals surface area contributed by atoms with Crippen molar-refractivity contribution < 1.29 is 5.11 Å². The molecule has 1 nitrogen and oxygen atoms in total. The monoisotopic (exact) mass is 298 g/mol. The molecule has 3 atom stereocenters. The van der Waals surface area contributed by atoms with E-state index in [-0.39, 0.29) is 11.5 Å². The molecule has 0 amide bonds. The fourth-order valence-corrected chi connectivity index (χ4v) is 5.43. The zero-order valence-corrected chi connectivity index (χ0v) is 14.8. The highest BCUT2D eigenvalue weighted by Gasteiger charge is 2.62. The van der Waals surface area contributed by atoms with E-state index in [2.05, 4.69) is 46.8 Å². The molecule has 2 saturated carbocycles. The van der Waals surface area contributed by atoms with Gasteiger partial charge in [-0.05, 0) is 78.0 Å². The van der Waals surface area contributed by atoms with Crippen LogP contribution in [0.25, 0.3) is 0 Å². The predicted octanol–water partition coefficient (Wildman–Crippen LogP) is 4.76. The van der Waals surface area contributed by atoms with Gasteiger partial charge in [-0.3, -0.25) is 0 Å². The van der Waals surface area contributed by atoms with Gasteiger partial charge in [-0.2, -0.15) is 0 Å². The van der Waals surface area contributed by atoms with Gasteiger partial charge in [0.2, 0.25) is 0 Å². The first-order chi connectivity index (χ1) is 10.2. The summed E-state index contributed by atoms with van der Waals surface area (Å²) in [6, 6.07) is 5.03. The highest BCUT2D eigenvalue weighted by Crippen LogP contribution is 2.65. The maximum absolute atomic E-state index is 10.2. The lowest BCUT2D eigenvalue weighted by Gasteiger charge is -2.43. The largest absolute Gasteiger partial charge is 0.393 e. The summed E-state index contributed by atoms with van der Waals surface area (Å²) in [6.07, 6.45) is 5.88. The summed E-state index contributed by atoms with van der Waals surface area (Å²) in [5.74, 6) is 0.531. The van der Waals surface area contributed by atoms with E-state index < -0.39 is 0 Å². The molecule has 1 aromatic rings. The Morgan fingerprint density at radius 3 is 2.00 bits per heavy atom. The Labute approximate surface area is 135 Å². The Morgan fingerprint density at radius 1 is 0.909 bits per heavy atom. The van der Waals surface area contributed by atoms with Crippen LogP contribution in [-0.4, -0.2) is 11.2 Å². The van der Waals surface area contributed by atoms with Gasteiger partial charge in [-0.25, -0.2) is 0 Å². The molecule has 1 heteroatoms. The maximum Gasteiger partial charge on any atom is 0.0577 e. The van der Waals surface area contributed by atoms with Crippen molar-refractivity contribution in [1.29, 1.82) is 0 Å². The smallest absolute Gasteiger partial charge is 0.0577 e. The summed E-state index contributed by atoms with van der Waals surface area (Å²) < 4.78 is 0. The number of benzene rings is 1. The Kier molecular flexibility index (Phi) is 2.80. The van der Waals surface area contributed by atoms with Crippen LogP contribution in [0.1, 0.15) is 82.1 Å². The Balaban J connectivity index is 1.87. The van der Waals surface area contributed by atoms with Gasteiger partial charge in [0.15, 0.2) is 0 Å². The standard InChI is InChI=1S/C21H30O/c1-13-10-15-16(20(4,5)9-8-19(15,2)3)11-14(13)21-7-6-18(22)17(21)12-21/h10-11,17-18,22H,6-9,12H2,1-5H3. The topological polar surface area (TPSA) is 20.2 Å². The van der Waals surface area contributed by atoms with Crippen molar-refractivity contribution in [1.82, 2.24) is 0 Å². The van der Waals surface area contributed by atoms with Crippen molar-refractivity contribution in [3.8, 4) is 0 Å². The minimum atomic E-state index is -0.0557. The van der Waals surface area contributed by atoms with E-state index in [0.29, 0.717) is 16.7 Å². The van der Waals surface area contributed by atoms with Gasteiger partial charge >= 0.3 is 0 Å². The normalized spacial score (nSPS) is 37.5. The molecule has 2 fully saturated rings. The van der Waals surface area contributed by atoms with Crippen molar-refractivity contribution in [2.24, 2.45) is 5.92 Å². The summed E-state index contributed by atoms with van der Waals surface area (Å²) in [6.45, 7) is 11.9. The molecule has 0 spiro atoms. The lowest BCUT2D eigenvalue weighted by atomic mass is 9.62. The first-order valence-corrected chi connectivity index (χ1v) is 9.02. The molecule has 120 valence electrons. The minimum Gasteiger partial charge on any atom is -0.393 e. The van der Waals surface area contributed by atoms with Crippen molar-refractivity contribution in [3.63, 3.8) is 0 Å². The predicted molar refractivity (Wildman–Crippen MR) is 91.5 cm³/mol. The fraction of sp³-hybridized carbons (Fsp3) is 0.714. The summed E-state index contributed by atoms with van der Waals surface area (Å²) in [5.41, 5.74) is 7.05. The number of aliphatic hydroxyl groups is 1. The lowest BCUT2D eigenvalue weighted by Crippen LogP contribution is -2.34. The van der Waals surface area contributed by atoms with Crippen LogP contribution < -0.4 is 0 Å². The molecule has 3 unspecified atom stereocenters. The molecule has 4 rings (SSSR count). The number of hydrogen-bond acceptors (Lipinski definition) is 1. The number of aryl methyl sites for hydroxylation is 1. The number of fused-ring (bicyclic) bond motifs is 2. The number of aliphatic hydroxyl groups excluding tert-OH is 1. The van der Waals surface area contributed by atoms with Crippen LogP contribution in [0.5, 0.6) is 0 Å². The van der Waals surface area contributed by atoms with Gasteiger partial charge in [-0.15, -0.1) is 0 Å². The molecule has 1 aromatic carbocycles. The second-order valence-corrected chi connectivity index (χ2v) is 9.55. The van der Waals surface area contributed by atoms with Crippen LogP contribution in [0.3, 0.4) is 0 Å². The highest BCUT2D eigenvalue weighted by molar-refractivity contribution is 5.52. The van der Waals surface area contributed by atoms with Gasteiger partial charge in [0, 0.05) is 5.41 Å². The third-order valence-corrected chi connectivity index (χ3v) is 7.22. The van der Waals surface area contributed by atoms with Crippen molar-refractivity contribution in [2.45, 2.75) is 89.1 Å². The highest BCUT2D eigenvalue weighted by atomic mass is 16.3. The third-order valence-electron chi connectivity index (χ3n) is 7.22. The average Bonchev–Trinajstić information content (AvgIpc) is 3.09. The molecular weight excluding hydrogens is 268 g/mol.